The minimum atomic E-state index is -0.367. The average molecular weight is 224 g/mol. The monoisotopic (exact) mass is 224 g/mol. The number of rotatable bonds is 4. The highest BCUT2D eigenvalue weighted by molar-refractivity contribution is 5.38. The van der Waals surface area contributed by atoms with Crippen LogP contribution >= 0.6 is 0 Å². The number of hydrogen-bond donors (Lipinski definition) is 1. The minimum Gasteiger partial charge on any atom is -0.493 e. The van der Waals surface area contributed by atoms with E-state index < -0.39 is 0 Å². The Morgan fingerprint density at radius 1 is 1.44 bits per heavy atom. The zero-order chi connectivity index (χ0) is 11.4. The molecule has 0 heterocycles. The van der Waals surface area contributed by atoms with Crippen LogP contribution in [0.2, 0.25) is 0 Å². The van der Waals surface area contributed by atoms with E-state index in [1.54, 1.807) is 0 Å². The minimum absolute atomic E-state index is 0.354. The third-order valence-corrected chi connectivity index (χ3v) is 2.95. The van der Waals surface area contributed by atoms with Gasteiger partial charge >= 0.3 is 0 Å². The van der Waals surface area contributed by atoms with Gasteiger partial charge in [0.25, 0.3) is 0 Å². The molecule has 0 amide bonds. The fraction of sp³-hybridized carbons (Fsp3) is 0.538. The van der Waals surface area contributed by atoms with Gasteiger partial charge in [-0.15, -0.1) is 0 Å². The highest BCUT2D eigenvalue weighted by Gasteiger charge is 2.18. The van der Waals surface area contributed by atoms with Crippen LogP contribution < -0.4 is 4.74 Å². The van der Waals surface area contributed by atoms with Gasteiger partial charge in [0.05, 0.1) is 19.4 Å². The number of fused-ring (bicyclic) bond motifs is 1. The third kappa shape index (κ3) is 2.53. The summed E-state index contributed by atoms with van der Waals surface area (Å²) in [5, 5.41) is 9.84. The van der Waals surface area contributed by atoms with Gasteiger partial charge in [0.2, 0.25) is 0 Å². The van der Waals surface area contributed by atoms with E-state index >= 15 is 0 Å². The molecular formula is C13H17FO2. The molecule has 16 heavy (non-hydrogen) atoms. The Balaban J connectivity index is 2.08. The van der Waals surface area contributed by atoms with Crippen molar-refractivity contribution in [1.29, 1.82) is 0 Å². The van der Waals surface area contributed by atoms with Crippen molar-refractivity contribution < 1.29 is 14.2 Å². The van der Waals surface area contributed by atoms with E-state index in [4.69, 9.17) is 4.74 Å². The topological polar surface area (TPSA) is 29.5 Å². The number of aliphatic hydroxyl groups excluding tert-OH is 1. The molecule has 0 aromatic heterocycles. The van der Waals surface area contributed by atoms with Crippen molar-refractivity contribution in [1.82, 2.24) is 0 Å². The Morgan fingerprint density at radius 3 is 3.12 bits per heavy atom. The second kappa shape index (κ2) is 5.30. The van der Waals surface area contributed by atoms with E-state index in [9.17, 15) is 9.50 Å². The van der Waals surface area contributed by atoms with E-state index in [-0.39, 0.29) is 12.8 Å². The van der Waals surface area contributed by atoms with Crippen LogP contribution in [-0.4, -0.2) is 18.4 Å². The molecule has 0 fully saturated rings. The first kappa shape index (κ1) is 11.4. The first-order valence-electron chi connectivity index (χ1n) is 5.81. The van der Waals surface area contributed by atoms with Crippen molar-refractivity contribution in [2.24, 2.45) is 0 Å². The molecule has 1 aliphatic carbocycles. The Kier molecular flexibility index (Phi) is 3.78. The van der Waals surface area contributed by atoms with Crippen molar-refractivity contribution in [3.63, 3.8) is 0 Å². The average Bonchev–Trinajstić information content (AvgIpc) is 2.30. The van der Waals surface area contributed by atoms with Crippen LogP contribution in [0.5, 0.6) is 5.75 Å². The summed E-state index contributed by atoms with van der Waals surface area (Å²) in [7, 11) is 0. The maximum atomic E-state index is 11.9. The Morgan fingerprint density at radius 2 is 2.31 bits per heavy atom. The second-order valence-corrected chi connectivity index (χ2v) is 4.16. The number of aryl methyl sites for hydroxylation is 1. The predicted molar refractivity (Wildman–Crippen MR) is 60.4 cm³/mol. The lowest BCUT2D eigenvalue weighted by Gasteiger charge is -2.21. The summed E-state index contributed by atoms with van der Waals surface area (Å²) < 4.78 is 17.3. The predicted octanol–water partition coefficient (Wildman–Crippen LogP) is 2.79. The Labute approximate surface area is 95.1 Å². The van der Waals surface area contributed by atoms with Gasteiger partial charge in [0.1, 0.15) is 5.75 Å². The molecule has 2 nitrogen and oxygen atoms in total. The standard InChI is InChI=1S/C13H17FO2/c14-7-2-8-16-11-6-5-10-3-1-4-13(15)12(10)9-11/h5-6,9,13,15H,1-4,7-8H2/t13-/m0/s1. The Bertz CT molecular complexity index is 352. The maximum absolute atomic E-state index is 11.9. The van der Waals surface area contributed by atoms with Crippen LogP contribution in [0.4, 0.5) is 4.39 Å². The molecule has 3 heteroatoms. The van der Waals surface area contributed by atoms with Crippen LogP contribution in [0.15, 0.2) is 18.2 Å². The summed E-state index contributed by atoms with van der Waals surface area (Å²) in [6.45, 7) is 0.0406. The molecule has 2 rings (SSSR count). The van der Waals surface area contributed by atoms with Crippen LogP contribution in [-0.2, 0) is 6.42 Å². The lowest BCUT2D eigenvalue weighted by atomic mass is 9.89. The molecule has 0 unspecified atom stereocenters. The molecule has 0 saturated heterocycles. The largest absolute Gasteiger partial charge is 0.493 e. The molecular weight excluding hydrogens is 207 g/mol. The van der Waals surface area contributed by atoms with E-state index in [0.29, 0.717) is 13.0 Å². The first-order valence-corrected chi connectivity index (χ1v) is 5.81. The lowest BCUT2D eigenvalue weighted by molar-refractivity contribution is 0.156. The molecule has 88 valence electrons. The van der Waals surface area contributed by atoms with Gasteiger partial charge in [0, 0.05) is 6.42 Å². The lowest BCUT2D eigenvalue weighted by Crippen LogP contribution is -2.09. The van der Waals surface area contributed by atoms with E-state index in [0.717, 1.165) is 30.6 Å². The normalized spacial score (nSPS) is 19.2. The first-order chi connectivity index (χ1) is 7.81. The number of benzene rings is 1. The van der Waals surface area contributed by atoms with E-state index in [1.165, 1.54) is 5.56 Å². The molecule has 1 N–H and O–H groups in total. The maximum Gasteiger partial charge on any atom is 0.119 e. The molecule has 0 bridgehead atoms. The second-order valence-electron chi connectivity index (χ2n) is 4.16. The molecule has 1 aliphatic rings. The molecule has 1 aromatic rings. The summed E-state index contributed by atoms with van der Waals surface area (Å²) in [5.41, 5.74) is 2.18. The summed E-state index contributed by atoms with van der Waals surface area (Å²) in [4.78, 5) is 0. The van der Waals surface area contributed by atoms with Gasteiger partial charge < -0.3 is 9.84 Å². The molecule has 1 aromatic carbocycles. The van der Waals surface area contributed by atoms with Crippen LogP contribution in [0.25, 0.3) is 0 Å². The van der Waals surface area contributed by atoms with E-state index in [1.807, 2.05) is 18.2 Å². The van der Waals surface area contributed by atoms with Gasteiger partial charge in [-0.25, -0.2) is 0 Å². The summed E-state index contributed by atoms with van der Waals surface area (Å²) >= 11 is 0. The number of alkyl halides is 1. The van der Waals surface area contributed by atoms with Gasteiger partial charge in [-0.05, 0) is 42.5 Å². The SMILES string of the molecule is O[C@H]1CCCc2ccc(OCCCF)cc21. The Hall–Kier alpha value is -1.09. The van der Waals surface area contributed by atoms with Crippen LogP contribution in [0, 0.1) is 0 Å². The fourth-order valence-corrected chi connectivity index (χ4v) is 2.09. The molecule has 0 aliphatic heterocycles. The van der Waals surface area contributed by atoms with Gasteiger partial charge in [0.15, 0.2) is 0 Å². The summed E-state index contributed by atoms with van der Waals surface area (Å²) in [6, 6.07) is 5.79. The van der Waals surface area contributed by atoms with Gasteiger partial charge in [-0.3, -0.25) is 4.39 Å². The zero-order valence-electron chi connectivity index (χ0n) is 9.29. The van der Waals surface area contributed by atoms with Crippen molar-refractivity contribution in [2.75, 3.05) is 13.3 Å². The van der Waals surface area contributed by atoms with Crippen molar-refractivity contribution in [2.45, 2.75) is 31.8 Å². The number of hydrogen-bond acceptors (Lipinski definition) is 2. The van der Waals surface area contributed by atoms with Crippen LogP contribution in [0.3, 0.4) is 0 Å². The number of aliphatic hydroxyl groups is 1. The summed E-state index contributed by atoms with van der Waals surface area (Å²) in [5.74, 6) is 0.730. The van der Waals surface area contributed by atoms with Crippen LogP contribution in [0.1, 0.15) is 36.5 Å². The van der Waals surface area contributed by atoms with E-state index in [2.05, 4.69) is 0 Å². The van der Waals surface area contributed by atoms with Gasteiger partial charge in [-0.1, -0.05) is 6.07 Å². The molecule has 1 atom stereocenters. The highest BCUT2D eigenvalue weighted by atomic mass is 19.1. The highest BCUT2D eigenvalue weighted by Crippen LogP contribution is 2.32. The van der Waals surface area contributed by atoms with Gasteiger partial charge in [-0.2, -0.15) is 0 Å². The molecule has 0 saturated carbocycles. The van der Waals surface area contributed by atoms with Crippen molar-refractivity contribution in [3.8, 4) is 5.75 Å². The molecule has 0 radical (unpaired) electrons. The fourth-order valence-electron chi connectivity index (χ4n) is 2.09. The quantitative estimate of drug-likeness (QED) is 0.797. The molecule has 0 spiro atoms. The third-order valence-electron chi connectivity index (χ3n) is 2.95. The zero-order valence-corrected chi connectivity index (χ0v) is 9.29. The van der Waals surface area contributed by atoms with Crippen molar-refractivity contribution >= 4 is 0 Å². The smallest absolute Gasteiger partial charge is 0.119 e. The van der Waals surface area contributed by atoms with Crippen molar-refractivity contribution in [3.05, 3.63) is 29.3 Å². The number of ether oxygens (including phenoxy) is 1. The number of halogens is 1. The summed E-state index contributed by atoms with van der Waals surface area (Å²) in [6.07, 6.45) is 2.93.